The fourth-order valence-corrected chi connectivity index (χ4v) is 6.48. The summed E-state index contributed by atoms with van der Waals surface area (Å²) in [7, 11) is -2.59. The highest BCUT2D eigenvalue weighted by Crippen LogP contribution is 2.39. The van der Waals surface area contributed by atoms with E-state index in [2.05, 4.69) is 4.98 Å². The number of allylic oxidation sites excluding steroid dienone is 1. The van der Waals surface area contributed by atoms with Crippen molar-refractivity contribution in [3.8, 4) is 16.9 Å². The van der Waals surface area contributed by atoms with Gasteiger partial charge in [0.25, 0.3) is 10.0 Å². The second-order valence-electron chi connectivity index (χ2n) is 10.8. The van der Waals surface area contributed by atoms with Crippen molar-refractivity contribution in [2.45, 2.75) is 44.1 Å². The number of aromatic nitrogens is 2. The number of carbonyl (C=O) groups is 1. The van der Waals surface area contributed by atoms with Crippen molar-refractivity contribution in [3.63, 3.8) is 0 Å². The van der Waals surface area contributed by atoms with Crippen molar-refractivity contribution >= 4 is 32.7 Å². The zero-order valence-electron chi connectivity index (χ0n) is 23.4. The van der Waals surface area contributed by atoms with Crippen LogP contribution in [0.2, 0.25) is 0 Å². The molecule has 214 valence electrons. The van der Waals surface area contributed by atoms with Crippen LogP contribution in [0, 0.1) is 5.82 Å². The van der Waals surface area contributed by atoms with Gasteiger partial charge in [-0.25, -0.2) is 26.6 Å². The maximum absolute atomic E-state index is 14.4. The molecular formula is C31H32FN3O5S. The van der Waals surface area contributed by atoms with Gasteiger partial charge in [0.15, 0.2) is 5.65 Å². The number of fused-ring (bicyclic) bond motifs is 1. The number of nitrogens with zero attached hydrogens (tertiary/aromatic N) is 3. The molecule has 4 aromatic rings. The summed E-state index contributed by atoms with van der Waals surface area (Å²) in [5.41, 5.74) is 1.83. The van der Waals surface area contributed by atoms with Gasteiger partial charge in [-0.3, -0.25) is 0 Å². The number of benzene rings is 2. The molecule has 0 N–H and O–H groups in total. The van der Waals surface area contributed by atoms with E-state index < -0.39 is 27.5 Å². The Morgan fingerprint density at radius 3 is 2.49 bits per heavy atom. The molecule has 3 heterocycles. The number of rotatable bonds is 5. The van der Waals surface area contributed by atoms with Gasteiger partial charge in [0.05, 0.1) is 17.7 Å². The van der Waals surface area contributed by atoms with Gasteiger partial charge in [-0.2, -0.15) is 0 Å². The van der Waals surface area contributed by atoms with Crippen LogP contribution < -0.4 is 4.74 Å². The summed E-state index contributed by atoms with van der Waals surface area (Å²) in [5, 5.41) is 0.528. The first-order valence-corrected chi connectivity index (χ1v) is 14.8. The molecule has 1 aliphatic heterocycles. The van der Waals surface area contributed by atoms with Gasteiger partial charge in [0.1, 0.15) is 17.2 Å². The van der Waals surface area contributed by atoms with E-state index in [0.717, 1.165) is 5.57 Å². The van der Waals surface area contributed by atoms with Gasteiger partial charge in [-0.05, 0) is 87.2 Å². The number of carbonyl (C=O) groups excluding carboxylic acids is 1. The van der Waals surface area contributed by atoms with Crippen LogP contribution in [0.3, 0.4) is 0 Å². The first kappa shape index (κ1) is 28.4. The van der Waals surface area contributed by atoms with E-state index in [0.29, 0.717) is 47.3 Å². The van der Waals surface area contributed by atoms with E-state index in [-0.39, 0.29) is 17.1 Å². The highest BCUT2D eigenvalue weighted by atomic mass is 32.2. The highest BCUT2D eigenvalue weighted by molar-refractivity contribution is 7.90. The van der Waals surface area contributed by atoms with Crippen molar-refractivity contribution in [2.24, 2.45) is 0 Å². The monoisotopic (exact) mass is 577 g/mol. The summed E-state index contributed by atoms with van der Waals surface area (Å²) >= 11 is 0. The van der Waals surface area contributed by atoms with E-state index in [1.165, 1.54) is 47.6 Å². The molecule has 2 aromatic carbocycles. The number of ether oxygens (including phenoxy) is 2. The Labute approximate surface area is 239 Å². The molecule has 1 amide bonds. The maximum atomic E-state index is 14.4. The molecule has 41 heavy (non-hydrogen) atoms. The van der Waals surface area contributed by atoms with E-state index in [1.807, 2.05) is 26.8 Å². The van der Waals surface area contributed by atoms with Crippen molar-refractivity contribution in [1.29, 1.82) is 0 Å². The van der Waals surface area contributed by atoms with E-state index in [9.17, 15) is 17.6 Å². The Hall–Kier alpha value is -4.18. The molecule has 0 unspecified atom stereocenters. The molecule has 0 fully saturated rings. The molecule has 0 bridgehead atoms. The fraction of sp³-hybridized carbons (Fsp3) is 0.290. The van der Waals surface area contributed by atoms with Crippen LogP contribution in [0.15, 0.2) is 77.8 Å². The second kappa shape index (κ2) is 11.0. The highest BCUT2D eigenvalue weighted by Gasteiger charge is 2.29. The molecule has 0 aliphatic carbocycles. The van der Waals surface area contributed by atoms with Gasteiger partial charge in [0.2, 0.25) is 0 Å². The van der Waals surface area contributed by atoms with Crippen LogP contribution in [0.5, 0.6) is 5.75 Å². The quantitative estimate of drug-likeness (QED) is 0.269. The summed E-state index contributed by atoms with van der Waals surface area (Å²) < 4.78 is 55.0. The second-order valence-corrected chi connectivity index (χ2v) is 12.6. The van der Waals surface area contributed by atoms with Crippen LogP contribution in [-0.4, -0.2) is 54.2 Å². The number of halogens is 1. The topological polar surface area (TPSA) is 90.7 Å². The van der Waals surface area contributed by atoms with Crippen molar-refractivity contribution in [3.05, 3.63) is 84.4 Å². The van der Waals surface area contributed by atoms with Crippen LogP contribution in [0.1, 0.15) is 39.3 Å². The summed E-state index contributed by atoms with van der Waals surface area (Å²) in [5.74, 6) is -0.00293. The third kappa shape index (κ3) is 5.69. The lowest BCUT2D eigenvalue weighted by Gasteiger charge is -2.25. The summed E-state index contributed by atoms with van der Waals surface area (Å²) in [6.07, 6.45) is 4.09. The summed E-state index contributed by atoms with van der Waals surface area (Å²) in [4.78, 5) is 19.0. The van der Waals surface area contributed by atoms with Gasteiger partial charge in [-0.1, -0.05) is 24.3 Å². The standard InChI is InChI=1S/C31H32FN3O5S/c1-31(2,3)40-30(36)34-17-8-9-21(15-18-34)27-20-26-24(25-19-22(32)12-13-28(25)39-4)14-16-33-29(26)35(27)41(37,38)23-10-6-5-7-11-23/h5-7,10-16,19-20H,8-9,17-18H2,1-4H3. The molecule has 10 heteroatoms. The van der Waals surface area contributed by atoms with Gasteiger partial charge in [0, 0.05) is 30.2 Å². The SMILES string of the molecule is COc1ccc(F)cc1-c1ccnc2c1cc(C1=CCN(C(=O)OC(C)(C)C)CCC1)n2S(=O)(=O)c1ccccc1. The van der Waals surface area contributed by atoms with Gasteiger partial charge < -0.3 is 14.4 Å². The largest absolute Gasteiger partial charge is 0.496 e. The normalized spacial score (nSPS) is 14.5. The third-order valence-electron chi connectivity index (χ3n) is 6.81. The smallest absolute Gasteiger partial charge is 0.410 e. The van der Waals surface area contributed by atoms with E-state index in [1.54, 1.807) is 35.2 Å². The molecule has 0 radical (unpaired) electrons. The Bertz CT molecular complexity index is 1740. The average Bonchev–Trinajstić information content (AvgIpc) is 3.16. The molecule has 0 saturated carbocycles. The minimum absolute atomic E-state index is 0.110. The lowest BCUT2D eigenvalue weighted by atomic mass is 10.0. The maximum Gasteiger partial charge on any atom is 0.410 e. The first-order chi connectivity index (χ1) is 19.5. The van der Waals surface area contributed by atoms with Gasteiger partial charge >= 0.3 is 6.09 Å². The van der Waals surface area contributed by atoms with Crippen LogP contribution in [-0.2, 0) is 14.8 Å². The number of hydrogen-bond acceptors (Lipinski definition) is 6. The number of pyridine rings is 1. The lowest BCUT2D eigenvalue weighted by molar-refractivity contribution is 0.0273. The van der Waals surface area contributed by atoms with E-state index in [4.69, 9.17) is 9.47 Å². The zero-order chi connectivity index (χ0) is 29.4. The number of hydrogen-bond donors (Lipinski definition) is 0. The Morgan fingerprint density at radius 1 is 1.02 bits per heavy atom. The molecule has 2 aromatic heterocycles. The zero-order valence-corrected chi connectivity index (χ0v) is 24.2. The Morgan fingerprint density at radius 2 is 1.78 bits per heavy atom. The minimum Gasteiger partial charge on any atom is -0.496 e. The van der Waals surface area contributed by atoms with Crippen LogP contribution in [0.25, 0.3) is 27.7 Å². The number of methoxy groups -OCH3 is 1. The molecule has 5 rings (SSSR count). The lowest BCUT2D eigenvalue weighted by Crippen LogP contribution is -2.37. The third-order valence-corrected chi connectivity index (χ3v) is 8.53. The molecule has 0 spiro atoms. The number of amides is 1. The first-order valence-electron chi connectivity index (χ1n) is 13.3. The molecular weight excluding hydrogens is 545 g/mol. The molecule has 0 saturated heterocycles. The fourth-order valence-electron chi connectivity index (χ4n) is 4.96. The van der Waals surface area contributed by atoms with Crippen LogP contribution >= 0.6 is 0 Å². The van der Waals surface area contributed by atoms with Crippen molar-refractivity contribution in [1.82, 2.24) is 13.9 Å². The Kier molecular flexibility index (Phi) is 7.61. The van der Waals surface area contributed by atoms with Crippen molar-refractivity contribution < 1.29 is 27.1 Å². The predicted octanol–water partition coefficient (Wildman–Crippen LogP) is 6.50. The van der Waals surface area contributed by atoms with E-state index >= 15 is 0 Å². The average molecular weight is 578 g/mol. The van der Waals surface area contributed by atoms with Crippen LogP contribution in [0.4, 0.5) is 9.18 Å². The summed E-state index contributed by atoms with van der Waals surface area (Å²) in [6.45, 7) is 6.17. The molecule has 0 atom stereocenters. The summed E-state index contributed by atoms with van der Waals surface area (Å²) in [6, 6.07) is 15.9. The molecule has 8 nitrogen and oxygen atoms in total. The molecule has 1 aliphatic rings. The predicted molar refractivity (Wildman–Crippen MR) is 156 cm³/mol. The minimum atomic E-state index is -4.09. The van der Waals surface area contributed by atoms with Crippen molar-refractivity contribution in [2.75, 3.05) is 20.2 Å². The Balaban J connectivity index is 1.71. The van der Waals surface area contributed by atoms with Gasteiger partial charge in [-0.15, -0.1) is 0 Å².